The lowest BCUT2D eigenvalue weighted by Crippen LogP contribution is -2.06. The van der Waals surface area contributed by atoms with Crippen LogP contribution >= 0.6 is 11.3 Å². The Kier molecular flexibility index (Phi) is 4.33. The van der Waals surface area contributed by atoms with Gasteiger partial charge in [-0.3, -0.25) is 0 Å². The van der Waals surface area contributed by atoms with Crippen molar-refractivity contribution in [3.8, 4) is 0 Å². The van der Waals surface area contributed by atoms with Crippen LogP contribution in [0.2, 0.25) is 0 Å². The SMILES string of the molecule is CCCC(CCN)c1cccs1. The highest BCUT2D eigenvalue weighted by Gasteiger charge is 2.09. The van der Waals surface area contributed by atoms with E-state index in [2.05, 4.69) is 24.4 Å². The molecule has 68 valence electrons. The van der Waals surface area contributed by atoms with Gasteiger partial charge in [-0.05, 0) is 36.8 Å². The van der Waals surface area contributed by atoms with Crippen molar-refractivity contribution < 1.29 is 0 Å². The van der Waals surface area contributed by atoms with Crippen molar-refractivity contribution in [3.05, 3.63) is 22.4 Å². The molecule has 1 atom stereocenters. The van der Waals surface area contributed by atoms with Crippen LogP contribution in [0.3, 0.4) is 0 Å². The predicted molar refractivity (Wildman–Crippen MR) is 55.6 cm³/mol. The average Bonchev–Trinajstić information content (AvgIpc) is 2.56. The third-order valence-electron chi connectivity index (χ3n) is 2.10. The van der Waals surface area contributed by atoms with Crippen LogP contribution < -0.4 is 5.73 Å². The quantitative estimate of drug-likeness (QED) is 0.746. The zero-order valence-corrected chi connectivity index (χ0v) is 8.44. The lowest BCUT2D eigenvalue weighted by Gasteiger charge is -2.12. The Morgan fingerprint density at radius 2 is 2.33 bits per heavy atom. The maximum atomic E-state index is 5.57. The fraction of sp³-hybridized carbons (Fsp3) is 0.600. The number of hydrogen-bond acceptors (Lipinski definition) is 2. The summed E-state index contributed by atoms with van der Waals surface area (Å²) in [6.45, 7) is 3.04. The Morgan fingerprint density at radius 1 is 1.50 bits per heavy atom. The van der Waals surface area contributed by atoms with E-state index in [1.807, 2.05) is 11.3 Å². The Hall–Kier alpha value is -0.340. The summed E-state index contributed by atoms with van der Waals surface area (Å²) in [5.74, 6) is 0.708. The molecule has 2 heteroatoms. The van der Waals surface area contributed by atoms with Gasteiger partial charge < -0.3 is 5.73 Å². The molecule has 1 heterocycles. The summed E-state index contributed by atoms with van der Waals surface area (Å²) in [4.78, 5) is 1.50. The molecule has 1 nitrogen and oxygen atoms in total. The molecule has 1 aromatic heterocycles. The summed E-state index contributed by atoms with van der Waals surface area (Å²) in [6, 6.07) is 4.35. The average molecular weight is 183 g/mol. The van der Waals surface area contributed by atoms with E-state index in [0.29, 0.717) is 5.92 Å². The van der Waals surface area contributed by atoms with Crippen LogP contribution in [0.5, 0.6) is 0 Å². The molecule has 1 rings (SSSR count). The van der Waals surface area contributed by atoms with Crippen LogP contribution in [-0.2, 0) is 0 Å². The second-order valence-corrected chi connectivity index (χ2v) is 4.06. The highest BCUT2D eigenvalue weighted by molar-refractivity contribution is 7.10. The maximum Gasteiger partial charge on any atom is 0.00766 e. The minimum Gasteiger partial charge on any atom is -0.330 e. The molecule has 0 amide bonds. The number of thiophene rings is 1. The van der Waals surface area contributed by atoms with E-state index in [-0.39, 0.29) is 0 Å². The normalized spacial score (nSPS) is 13.2. The standard InChI is InChI=1S/C10H17NS/c1-2-4-9(6-7-11)10-5-3-8-12-10/h3,5,8-9H,2,4,6-7,11H2,1H3. The van der Waals surface area contributed by atoms with Crippen LogP contribution in [-0.4, -0.2) is 6.54 Å². The highest BCUT2D eigenvalue weighted by Crippen LogP contribution is 2.27. The maximum absolute atomic E-state index is 5.57. The van der Waals surface area contributed by atoms with E-state index in [4.69, 9.17) is 5.73 Å². The first-order valence-corrected chi connectivity index (χ1v) is 5.50. The molecule has 0 aliphatic heterocycles. The van der Waals surface area contributed by atoms with Crippen molar-refractivity contribution in [2.24, 2.45) is 5.73 Å². The van der Waals surface area contributed by atoms with Crippen LogP contribution in [0.1, 0.15) is 37.0 Å². The Bertz CT molecular complexity index is 188. The van der Waals surface area contributed by atoms with Gasteiger partial charge in [-0.2, -0.15) is 0 Å². The molecule has 0 spiro atoms. The molecule has 0 aliphatic carbocycles. The van der Waals surface area contributed by atoms with Crippen molar-refractivity contribution in [2.75, 3.05) is 6.54 Å². The number of hydrogen-bond donors (Lipinski definition) is 1. The second kappa shape index (κ2) is 5.33. The third kappa shape index (κ3) is 2.61. The molecule has 0 bridgehead atoms. The summed E-state index contributed by atoms with van der Waals surface area (Å²) < 4.78 is 0. The van der Waals surface area contributed by atoms with Gasteiger partial charge in [-0.1, -0.05) is 19.4 Å². The monoisotopic (exact) mass is 183 g/mol. The third-order valence-corrected chi connectivity index (χ3v) is 3.13. The number of rotatable bonds is 5. The molecule has 2 N–H and O–H groups in total. The summed E-state index contributed by atoms with van der Waals surface area (Å²) in [5.41, 5.74) is 5.57. The van der Waals surface area contributed by atoms with Gasteiger partial charge in [0.05, 0.1) is 0 Å². The van der Waals surface area contributed by atoms with Crippen molar-refractivity contribution in [2.45, 2.75) is 32.1 Å². The summed E-state index contributed by atoms with van der Waals surface area (Å²) in [7, 11) is 0. The largest absolute Gasteiger partial charge is 0.330 e. The molecule has 1 aromatic rings. The zero-order chi connectivity index (χ0) is 8.81. The van der Waals surface area contributed by atoms with E-state index in [0.717, 1.165) is 13.0 Å². The molecule has 0 fully saturated rings. The van der Waals surface area contributed by atoms with Gasteiger partial charge in [0.25, 0.3) is 0 Å². The lowest BCUT2D eigenvalue weighted by atomic mass is 9.98. The lowest BCUT2D eigenvalue weighted by molar-refractivity contribution is 0.584. The van der Waals surface area contributed by atoms with Crippen molar-refractivity contribution >= 4 is 11.3 Å². The van der Waals surface area contributed by atoms with Crippen LogP contribution in [0.4, 0.5) is 0 Å². The van der Waals surface area contributed by atoms with Gasteiger partial charge in [-0.15, -0.1) is 11.3 Å². The molecule has 0 aliphatic rings. The first kappa shape index (κ1) is 9.75. The van der Waals surface area contributed by atoms with Gasteiger partial charge >= 0.3 is 0 Å². The summed E-state index contributed by atoms with van der Waals surface area (Å²) in [5, 5.41) is 2.15. The van der Waals surface area contributed by atoms with Crippen molar-refractivity contribution in [3.63, 3.8) is 0 Å². The fourth-order valence-corrected chi connectivity index (χ4v) is 2.40. The van der Waals surface area contributed by atoms with Crippen molar-refractivity contribution in [1.82, 2.24) is 0 Å². The topological polar surface area (TPSA) is 26.0 Å². The van der Waals surface area contributed by atoms with Gasteiger partial charge in [-0.25, -0.2) is 0 Å². The summed E-state index contributed by atoms with van der Waals surface area (Å²) in [6.07, 6.45) is 3.66. The van der Waals surface area contributed by atoms with Crippen molar-refractivity contribution in [1.29, 1.82) is 0 Å². The Balaban J connectivity index is 2.53. The smallest absolute Gasteiger partial charge is 0.00766 e. The number of nitrogens with two attached hydrogens (primary N) is 1. The Morgan fingerprint density at radius 3 is 2.83 bits per heavy atom. The molecule has 1 unspecified atom stereocenters. The van der Waals surface area contributed by atoms with Crippen LogP contribution in [0.25, 0.3) is 0 Å². The highest BCUT2D eigenvalue weighted by atomic mass is 32.1. The minimum atomic E-state index is 0.708. The van der Waals surface area contributed by atoms with Gasteiger partial charge in [0, 0.05) is 4.88 Å². The van der Waals surface area contributed by atoms with E-state index in [9.17, 15) is 0 Å². The van der Waals surface area contributed by atoms with Crippen LogP contribution in [0.15, 0.2) is 17.5 Å². The summed E-state index contributed by atoms with van der Waals surface area (Å²) >= 11 is 1.86. The molecular formula is C10H17NS. The fourth-order valence-electron chi connectivity index (χ4n) is 1.50. The first-order chi connectivity index (χ1) is 5.88. The van der Waals surface area contributed by atoms with Gasteiger partial charge in [0.2, 0.25) is 0 Å². The zero-order valence-electron chi connectivity index (χ0n) is 7.62. The van der Waals surface area contributed by atoms with E-state index >= 15 is 0 Å². The van der Waals surface area contributed by atoms with Crippen LogP contribution in [0, 0.1) is 0 Å². The molecule has 0 aromatic carbocycles. The van der Waals surface area contributed by atoms with Gasteiger partial charge in [0.1, 0.15) is 0 Å². The molecule has 0 saturated carbocycles. The van der Waals surface area contributed by atoms with E-state index in [1.165, 1.54) is 17.7 Å². The minimum absolute atomic E-state index is 0.708. The molecular weight excluding hydrogens is 166 g/mol. The predicted octanol–water partition coefficient (Wildman–Crippen LogP) is 2.98. The second-order valence-electron chi connectivity index (χ2n) is 3.08. The van der Waals surface area contributed by atoms with E-state index < -0.39 is 0 Å². The first-order valence-electron chi connectivity index (χ1n) is 4.62. The molecule has 12 heavy (non-hydrogen) atoms. The van der Waals surface area contributed by atoms with E-state index in [1.54, 1.807) is 0 Å². The molecule has 0 radical (unpaired) electrons. The molecule has 0 saturated heterocycles. The van der Waals surface area contributed by atoms with Gasteiger partial charge in [0.15, 0.2) is 0 Å². The Labute approximate surface area is 78.6 Å².